The summed E-state index contributed by atoms with van der Waals surface area (Å²) in [7, 11) is 0. The van der Waals surface area contributed by atoms with Crippen molar-refractivity contribution >= 4 is 28.3 Å². The highest BCUT2D eigenvalue weighted by Gasteiger charge is 2.11. The zero-order valence-corrected chi connectivity index (χ0v) is 18.5. The third kappa shape index (κ3) is 5.74. The largest absolute Gasteiger partial charge is 0.491 e. The van der Waals surface area contributed by atoms with Gasteiger partial charge < -0.3 is 20.1 Å². The molecular formula is C25H25N5O3. The summed E-state index contributed by atoms with van der Waals surface area (Å²) in [6, 6.07) is 17.3. The fourth-order valence-corrected chi connectivity index (χ4v) is 3.34. The molecular weight excluding hydrogens is 418 g/mol. The Morgan fingerprint density at radius 1 is 0.970 bits per heavy atom. The maximum atomic E-state index is 11.1. The van der Waals surface area contributed by atoms with Crippen LogP contribution in [0.25, 0.3) is 10.9 Å². The lowest BCUT2D eigenvalue weighted by Gasteiger charge is -2.14. The van der Waals surface area contributed by atoms with Crippen molar-refractivity contribution in [2.24, 2.45) is 0 Å². The molecule has 2 heterocycles. The van der Waals surface area contributed by atoms with E-state index in [0.717, 1.165) is 33.6 Å². The average Bonchev–Trinajstić information content (AvgIpc) is 2.82. The first kappa shape index (κ1) is 22.0. The van der Waals surface area contributed by atoms with Crippen molar-refractivity contribution in [1.82, 2.24) is 20.3 Å². The molecule has 2 aromatic carbocycles. The summed E-state index contributed by atoms with van der Waals surface area (Å²) in [5, 5.41) is 6.87. The molecule has 0 aliphatic rings. The number of amides is 1. The molecule has 0 saturated heterocycles. The van der Waals surface area contributed by atoms with Crippen LogP contribution in [0.3, 0.4) is 0 Å². The van der Waals surface area contributed by atoms with Crippen molar-refractivity contribution in [3.05, 3.63) is 78.4 Å². The Balaban J connectivity index is 1.51. The van der Waals surface area contributed by atoms with Gasteiger partial charge in [0.1, 0.15) is 36.9 Å². The molecule has 0 aliphatic carbocycles. The summed E-state index contributed by atoms with van der Waals surface area (Å²) >= 11 is 0. The Labute approximate surface area is 192 Å². The third-order valence-electron chi connectivity index (χ3n) is 4.90. The lowest BCUT2D eigenvalue weighted by Crippen LogP contribution is -2.25. The van der Waals surface area contributed by atoms with Crippen LogP contribution in [-0.2, 0) is 11.4 Å². The zero-order chi connectivity index (χ0) is 23.0. The van der Waals surface area contributed by atoms with Crippen LogP contribution in [0.5, 0.6) is 11.5 Å². The lowest BCUT2D eigenvalue weighted by molar-refractivity contribution is -0.119. The van der Waals surface area contributed by atoms with Gasteiger partial charge in [0.05, 0.1) is 23.1 Å². The minimum absolute atomic E-state index is 0.0926. The second-order valence-electron chi connectivity index (χ2n) is 7.42. The Morgan fingerprint density at radius 2 is 1.88 bits per heavy atom. The molecule has 0 atom stereocenters. The predicted molar refractivity (Wildman–Crippen MR) is 127 cm³/mol. The summed E-state index contributed by atoms with van der Waals surface area (Å²) in [5.74, 6) is 1.98. The lowest BCUT2D eigenvalue weighted by atomic mass is 10.1. The van der Waals surface area contributed by atoms with Crippen molar-refractivity contribution in [2.45, 2.75) is 20.5 Å². The predicted octanol–water partition coefficient (Wildman–Crippen LogP) is 4.17. The fourth-order valence-electron chi connectivity index (χ4n) is 3.34. The summed E-state index contributed by atoms with van der Waals surface area (Å²) in [4.78, 5) is 24.2. The molecule has 4 aromatic rings. The number of nitrogens with zero attached hydrogens (tertiary/aromatic N) is 3. The van der Waals surface area contributed by atoms with Crippen LogP contribution in [-0.4, -0.2) is 34.0 Å². The van der Waals surface area contributed by atoms with E-state index in [1.165, 1.54) is 13.3 Å². The summed E-state index contributed by atoms with van der Waals surface area (Å²) < 4.78 is 11.8. The summed E-state index contributed by atoms with van der Waals surface area (Å²) in [6.45, 7) is 4.64. The van der Waals surface area contributed by atoms with Gasteiger partial charge in [0.25, 0.3) is 0 Å². The Kier molecular flexibility index (Phi) is 6.94. The highest BCUT2D eigenvalue weighted by atomic mass is 16.5. The molecule has 2 N–H and O–H groups in total. The first-order valence-electron chi connectivity index (χ1n) is 10.6. The molecule has 33 heavy (non-hydrogen) atoms. The smallest absolute Gasteiger partial charge is 0.216 e. The molecule has 0 spiro atoms. The number of benzene rings is 2. The number of aryl methyl sites for hydroxylation is 1. The Morgan fingerprint density at radius 3 is 2.67 bits per heavy atom. The van der Waals surface area contributed by atoms with Crippen LogP contribution in [0.2, 0.25) is 0 Å². The number of nitrogens with one attached hydrogen (secondary N) is 2. The maximum Gasteiger partial charge on any atom is 0.216 e. The van der Waals surface area contributed by atoms with Gasteiger partial charge in [0.2, 0.25) is 5.91 Å². The van der Waals surface area contributed by atoms with E-state index < -0.39 is 0 Å². The van der Waals surface area contributed by atoms with Gasteiger partial charge in [-0.05, 0) is 55.0 Å². The number of anilines is 2. The van der Waals surface area contributed by atoms with E-state index in [1.54, 1.807) is 6.20 Å². The van der Waals surface area contributed by atoms with Crippen LogP contribution in [0.15, 0.2) is 67.1 Å². The van der Waals surface area contributed by atoms with E-state index in [2.05, 4.69) is 25.6 Å². The monoisotopic (exact) mass is 443 g/mol. The topological polar surface area (TPSA) is 98.3 Å². The molecule has 0 fully saturated rings. The van der Waals surface area contributed by atoms with Crippen molar-refractivity contribution < 1.29 is 14.3 Å². The molecule has 8 nitrogen and oxygen atoms in total. The standard InChI is InChI=1S/C25H25N5O3/c1-17-14-19(9-10-22(17)33-15-20-6-3-4-11-27-20)30-25-24-21(28-16-29-25)7-5-8-23(24)32-13-12-26-18(2)31/h3-11,14,16H,12-13,15H2,1-2H3,(H,26,31)(H,28,29,30). The van der Waals surface area contributed by atoms with Crippen LogP contribution >= 0.6 is 0 Å². The van der Waals surface area contributed by atoms with Gasteiger partial charge in [-0.15, -0.1) is 0 Å². The second kappa shape index (κ2) is 10.4. The number of carbonyl (C=O) groups is 1. The number of hydrogen-bond donors (Lipinski definition) is 2. The molecule has 8 heteroatoms. The van der Waals surface area contributed by atoms with Crippen molar-refractivity contribution in [2.75, 3.05) is 18.5 Å². The van der Waals surface area contributed by atoms with E-state index in [4.69, 9.17) is 9.47 Å². The normalized spacial score (nSPS) is 10.6. The van der Waals surface area contributed by atoms with E-state index in [-0.39, 0.29) is 5.91 Å². The number of hydrogen-bond acceptors (Lipinski definition) is 7. The van der Waals surface area contributed by atoms with Crippen LogP contribution < -0.4 is 20.1 Å². The van der Waals surface area contributed by atoms with Gasteiger partial charge in [0.15, 0.2) is 0 Å². The van der Waals surface area contributed by atoms with Crippen LogP contribution in [0.1, 0.15) is 18.2 Å². The molecule has 2 aromatic heterocycles. The number of ether oxygens (including phenoxy) is 2. The van der Waals surface area contributed by atoms with Crippen LogP contribution in [0.4, 0.5) is 11.5 Å². The minimum atomic E-state index is -0.0926. The van der Waals surface area contributed by atoms with E-state index in [9.17, 15) is 4.79 Å². The van der Waals surface area contributed by atoms with Gasteiger partial charge in [-0.25, -0.2) is 9.97 Å². The summed E-state index contributed by atoms with van der Waals surface area (Å²) in [6.07, 6.45) is 3.27. The Bertz CT molecular complexity index is 1240. The van der Waals surface area contributed by atoms with Crippen molar-refractivity contribution in [1.29, 1.82) is 0 Å². The van der Waals surface area contributed by atoms with Gasteiger partial charge in [-0.2, -0.15) is 0 Å². The van der Waals surface area contributed by atoms with E-state index >= 15 is 0 Å². The number of carbonyl (C=O) groups excluding carboxylic acids is 1. The van der Waals surface area contributed by atoms with Crippen molar-refractivity contribution in [3.8, 4) is 11.5 Å². The first-order chi connectivity index (χ1) is 16.1. The van der Waals surface area contributed by atoms with Gasteiger partial charge in [0, 0.05) is 18.8 Å². The fraction of sp³-hybridized carbons (Fsp3) is 0.200. The molecule has 168 valence electrons. The van der Waals surface area contributed by atoms with Crippen molar-refractivity contribution in [3.63, 3.8) is 0 Å². The minimum Gasteiger partial charge on any atom is -0.491 e. The number of pyridine rings is 1. The molecule has 4 rings (SSSR count). The highest BCUT2D eigenvalue weighted by molar-refractivity contribution is 5.95. The maximum absolute atomic E-state index is 11.1. The number of fused-ring (bicyclic) bond motifs is 1. The molecule has 0 unspecified atom stereocenters. The zero-order valence-electron chi connectivity index (χ0n) is 18.5. The average molecular weight is 444 g/mol. The van der Waals surface area contributed by atoms with Gasteiger partial charge in [-0.1, -0.05) is 12.1 Å². The molecule has 0 radical (unpaired) electrons. The molecule has 0 aliphatic heterocycles. The molecule has 0 saturated carbocycles. The second-order valence-corrected chi connectivity index (χ2v) is 7.42. The van der Waals surface area contributed by atoms with Crippen LogP contribution in [0, 0.1) is 6.92 Å². The quantitative estimate of drug-likeness (QED) is 0.375. The Hall–Kier alpha value is -4.20. The van der Waals surface area contributed by atoms with E-state index in [0.29, 0.717) is 31.3 Å². The SMILES string of the molecule is CC(=O)NCCOc1cccc2ncnc(Nc3ccc(OCc4ccccn4)c(C)c3)c12. The molecule has 1 amide bonds. The number of aromatic nitrogens is 3. The third-order valence-corrected chi connectivity index (χ3v) is 4.90. The summed E-state index contributed by atoms with van der Waals surface area (Å²) in [5.41, 5.74) is 3.49. The first-order valence-corrected chi connectivity index (χ1v) is 10.6. The number of rotatable bonds is 9. The van der Waals surface area contributed by atoms with Gasteiger partial charge >= 0.3 is 0 Å². The van der Waals surface area contributed by atoms with Gasteiger partial charge in [-0.3, -0.25) is 9.78 Å². The molecule has 0 bridgehead atoms. The highest BCUT2D eigenvalue weighted by Crippen LogP contribution is 2.32. The van der Waals surface area contributed by atoms with E-state index in [1.807, 2.05) is 61.5 Å².